The van der Waals surface area contributed by atoms with Gasteiger partial charge in [0.25, 0.3) is 5.91 Å². The van der Waals surface area contributed by atoms with Crippen LogP contribution in [-0.2, 0) is 5.75 Å². The summed E-state index contributed by atoms with van der Waals surface area (Å²) >= 11 is 1.45. The Hall–Kier alpha value is -2.38. The van der Waals surface area contributed by atoms with Gasteiger partial charge in [-0.15, -0.1) is 0 Å². The maximum Gasteiger partial charge on any atom is 0.287 e. The van der Waals surface area contributed by atoms with Crippen LogP contribution in [0.15, 0.2) is 52.3 Å². The van der Waals surface area contributed by atoms with E-state index in [2.05, 4.69) is 15.3 Å². The van der Waals surface area contributed by atoms with Gasteiger partial charge in [-0.3, -0.25) is 4.79 Å². The van der Waals surface area contributed by atoms with Crippen molar-refractivity contribution in [2.75, 3.05) is 6.54 Å². The molecule has 0 aliphatic heterocycles. The van der Waals surface area contributed by atoms with E-state index in [9.17, 15) is 9.90 Å². The van der Waals surface area contributed by atoms with Gasteiger partial charge >= 0.3 is 0 Å². The molecule has 2 heterocycles. The Kier molecular flexibility index (Phi) is 6.25. The molecule has 1 amide bonds. The van der Waals surface area contributed by atoms with Crippen LogP contribution < -0.4 is 5.32 Å². The molecule has 0 radical (unpaired) electrons. The van der Waals surface area contributed by atoms with Crippen LogP contribution in [0, 0.1) is 0 Å². The number of carbonyl (C=O) groups excluding carboxylic acids is 1. The third-order valence-electron chi connectivity index (χ3n) is 3.91. The van der Waals surface area contributed by atoms with E-state index in [0.717, 1.165) is 17.4 Å². The topological polar surface area (TPSA) is 88.2 Å². The summed E-state index contributed by atoms with van der Waals surface area (Å²) < 4.78 is 5.79. The number of thioether (sulfide) groups is 1. The molecule has 0 fully saturated rings. The van der Waals surface area contributed by atoms with Crippen molar-refractivity contribution in [3.63, 3.8) is 0 Å². The molecule has 7 heteroatoms. The van der Waals surface area contributed by atoms with E-state index < -0.39 is 6.10 Å². The van der Waals surface area contributed by atoms with Crippen LogP contribution in [-0.4, -0.2) is 33.6 Å². The zero-order valence-corrected chi connectivity index (χ0v) is 15.3. The summed E-state index contributed by atoms with van der Waals surface area (Å²) in [6.45, 7) is 2.20. The molecule has 3 rings (SSSR count). The van der Waals surface area contributed by atoms with Gasteiger partial charge in [0.2, 0.25) is 0 Å². The predicted molar refractivity (Wildman–Crippen MR) is 101 cm³/mol. The maximum absolute atomic E-state index is 12.6. The number of para-hydroxylation sites is 1. The van der Waals surface area contributed by atoms with Gasteiger partial charge in [0.15, 0.2) is 10.9 Å². The Labute approximate surface area is 156 Å². The van der Waals surface area contributed by atoms with Gasteiger partial charge in [-0.2, -0.15) is 0 Å². The second-order valence-electron chi connectivity index (χ2n) is 5.88. The smallest absolute Gasteiger partial charge is 0.287 e. The molecule has 0 bridgehead atoms. The lowest BCUT2D eigenvalue weighted by Gasteiger charge is -2.10. The fourth-order valence-corrected chi connectivity index (χ4v) is 3.48. The van der Waals surface area contributed by atoms with Crippen LogP contribution >= 0.6 is 11.8 Å². The molecular formula is C19H21N3O3S. The van der Waals surface area contributed by atoms with Gasteiger partial charge in [-0.05, 0) is 18.6 Å². The SMILES string of the molecule is CCC[C@@H](O)CNC(=O)c1oc2ccccc2c1CSc1ncccn1. The highest BCUT2D eigenvalue weighted by atomic mass is 32.2. The maximum atomic E-state index is 12.6. The van der Waals surface area contributed by atoms with Gasteiger partial charge in [0.1, 0.15) is 5.58 Å². The first-order valence-corrected chi connectivity index (χ1v) is 9.54. The van der Waals surface area contributed by atoms with E-state index in [1.807, 2.05) is 31.2 Å². The minimum Gasteiger partial charge on any atom is -0.451 e. The highest BCUT2D eigenvalue weighted by molar-refractivity contribution is 7.98. The Bertz CT molecular complexity index is 867. The number of fused-ring (bicyclic) bond motifs is 1. The highest BCUT2D eigenvalue weighted by Crippen LogP contribution is 2.30. The first-order valence-electron chi connectivity index (χ1n) is 8.55. The summed E-state index contributed by atoms with van der Waals surface area (Å²) in [5.41, 5.74) is 1.47. The molecule has 0 spiro atoms. The third kappa shape index (κ3) is 4.42. The van der Waals surface area contributed by atoms with E-state index in [1.165, 1.54) is 11.8 Å². The molecule has 0 saturated carbocycles. The lowest BCUT2D eigenvalue weighted by molar-refractivity contribution is 0.0884. The lowest BCUT2D eigenvalue weighted by Crippen LogP contribution is -2.32. The number of aliphatic hydroxyl groups is 1. The molecular weight excluding hydrogens is 350 g/mol. The van der Waals surface area contributed by atoms with Crippen molar-refractivity contribution in [2.24, 2.45) is 0 Å². The standard InChI is InChI=1S/C19H21N3O3S/c1-2-6-13(23)11-22-18(24)17-15(12-26-19-20-9-5-10-21-19)14-7-3-4-8-16(14)25-17/h3-5,7-10,13,23H,2,6,11-12H2,1H3,(H,22,24)/t13-/m1/s1. The molecule has 3 aromatic rings. The number of benzene rings is 1. The molecule has 1 atom stereocenters. The summed E-state index contributed by atoms with van der Waals surface area (Å²) in [5, 5.41) is 14.1. The molecule has 1 aromatic carbocycles. The number of rotatable bonds is 8. The van der Waals surface area contributed by atoms with E-state index in [1.54, 1.807) is 18.5 Å². The summed E-state index contributed by atoms with van der Waals surface area (Å²) in [7, 11) is 0. The second-order valence-corrected chi connectivity index (χ2v) is 6.82. The average molecular weight is 371 g/mol. The number of furan rings is 1. The molecule has 0 unspecified atom stereocenters. The quantitative estimate of drug-likeness (QED) is 0.466. The Balaban J connectivity index is 1.81. The molecule has 2 aromatic heterocycles. The van der Waals surface area contributed by atoms with Crippen molar-refractivity contribution in [1.82, 2.24) is 15.3 Å². The molecule has 2 N–H and O–H groups in total. The largest absolute Gasteiger partial charge is 0.451 e. The van der Waals surface area contributed by atoms with Gasteiger partial charge in [-0.1, -0.05) is 43.3 Å². The van der Waals surface area contributed by atoms with Crippen molar-refractivity contribution in [2.45, 2.75) is 36.8 Å². The first-order chi connectivity index (χ1) is 12.7. The number of nitrogens with zero attached hydrogens (tertiary/aromatic N) is 2. The van der Waals surface area contributed by atoms with Gasteiger partial charge in [-0.25, -0.2) is 9.97 Å². The van der Waals surface area contributed by atoms with E-state index >= 15 is 0 Å². The molecule has 0 aliphatic carbocycles. The molecule has 136 valence electrons. The molecule has 26 heavy (non-hydrogen) atoms. The number of hydrogen-bond donors (Lipinski definition) is 2. The summed E-state index contributed by atoms with van der Waals surface area (Å²) in [6.07, 6.45) is 4.33. The molecule has 0 aliphatic rings. The third-order valence-corrected chi connectivity index (χ3v) is 4.81. The second kappa shape index (κ2) is 8.82. The van der Waals surface area contributed by atoms with Gasteiger partial charge < -0.3 is 14.8 Å². The Morgan fingerprint density at radius 1 is 1.27 bits per heavy atom. The molecule has 0 saturated heterocycles. The predicted octanol–water partition coefficient (Wildman–Crippen LogP) is 3.41. The Morgan fingerprint density at radius 3 is 2.81 bits per heavy atom. The van der Waals surface area contributed by atoms with Crippen LogP contribution in [0.25, 0.3) is 11.0 Å². The first kappa shape index (κ1) is 18.4. The summed E-state index contributed by atoms with van der Waals surface area (Å²) in [6, 6.07) is 9.32. The van der Waals surface area contributed by atoms with E-state index in [-0.39, 0.29) is 18.2 Å². The van der Waals surface area contributed by atoms with Crippen LogP contribution in [0.4, 0.5) is 0 Å². The zero-order valence-electron chi connectivity index (χ0n) is 14.5. The minimum absolute atomic E-state index is 0.206. The monoisotopic (exact) mass is 371 g/mol. The van der Waals surface area contributed by atoms with E-state index in [4.69, 9.17) is 4.42 Å². The van der Waals surface area contributed by atoms with Crippen molar-refractivity contribution < 1.29 is 14.3 Å². The lowest BCUT2D eigenvalue weighted by atomic mass is 10.1. The van der Waals surface area contributed by atoms with Crippen LogP contribution in [0.1, 0.15) is 35.9 Å². The van der Waals surface area contributed by atoms with Crippen molar-refractivity contribution in [3.05, 3.63) is 54.0 Å². The van der Waals surface area contributed by atoms with Crippen molar-refractivity contribution >= 4 is 28.6 Å². The van der Waals surface area contributed by atoms with Crippen molar-refractivity contribution in [3.8, 4) is 0 Å². The highest BCUT2D eigenvalue weighted by Gasteiger charge is 2.21. The zero-order chi connectivity index (χ0) is 18.4. The van der Waals surface area contributed by atoms with Crippen LogP contribution in [0.5, 0.6) is 0 Å². The summed E-state index contributed by atoms with van der Waals surface area (Å²) in [4.78, 5) is 21.0. The average Bonchev–Trinajstić information content (AvgIpc) is 3.04. The minimum atomic E-state index is -0.552. The number of carbonyl (C=O) groups is 1. The van der Waals surface area contributed by atoms with Crippen molar-refractivity contribution in [1.29, 1.82) is 0 Å². The normalized spacial score (nSPS) is 12.2. The fourth-order valence-electron chi connectivity index (χ4n) is 2.65. The number of aliphatic hydroxyl groups excluding tert-OH is 1. The van der Waals surface area contributed by atoms with E-state index in [0.29, 0.717) is 22.9 Å². The number of amides is 1. The van der Waals surface area contributed by atoms with Crippen LogP contribution in [0.3, 0.4) is 0 Å². The number of aromatic nitrogens is 2. The van der Waals surface area contributed by atoms with Gasteiger partial charge in [0.05, 0.1) is 6.10 Å². The Morgan fingerprint density at radius 2 is 2.04 bits per heavy atom. The summed E-state index contributed by atoms with van der Waals surface area (Å²) in [5.74, 6) is 0.473. The van der Waals surface area contributed by atoms with Crippen LogP contribution in [0.2, 0.25) is 0 Å². The number of nitrogens with one attached hydrogen (secondary N) is 1. The fraction of sp³-hybridized carbons (Fsp3) is 0.316. The number of hydrogen-bond acceptors (Lipinski definition) is 6. The van der Waals surface area contributed by atoms with Gasteiger partial charge in [0, 0.05) is 35.6 Å². The molecule has 6 nitrogen and oxygen atoms in total.